The molecular weight excluding hydrogens is 351 g/mol. The number of aryl methyl sites for hydroxylation is 1. The normalized spacial score (nSPS) is 11.0. The van der Waals surface area contributed by atoms with Crippen molar-refractivity contribution in [3.05, 3.63) is 40.0 Å². The molecule has 130 valence electrons. The minimum atomic E-state index is -0.164. The molecule has 1 N–H and O–H groups in total. The molecular formula is C16H20Cl2N4O2. The van der Waals surface area contributed by atoms with Crippen LogP contribution in [0.25, 0.3) is 0 Å². The zero-order valence-electron chi connectivity index (χ0n) is 13.7. The molecule has 1 amide bonds. The van der Waals surface area contributed by atoms with Crippen molar-refractivity contribution in [3.63, 3.8) is 0 Å². The molecule has 0 unspecified atom stereocenters. The van der Waals surface area contributed by atoms with Crippen LogP contribution in [0.5, 0.6) is 0 Å². The summed E-state index contributed by atoms with van der Waals surface area (Å²) in [6.45, 7) is 5.39. The Balaban J connectivity index is 1.97. The molecule has 6 nitrogen and oxygen atoms in total. The monoisotopic (exact) mass is 370 g/mol. The Labute approximate surface area is 151 Å². The number of hydrogen-bond donors (Lipinski definition) is 1. The lowest BCUT2D eigenvalue weighted by Gasteiger charge is -2.19. The number of halogens is 2. The third-order valence-electron chi connectivity index (χ3n) is 3.30. The van der Waals surface area contributed by atoms with Crippen LogP contribution in [0.3, 0.4) is 0 Å². The highest BCUT2D eigenvalue weighted by molar-refractivity contribution is 6.36. The number of aromatic nitrogens is 2. The highest BCUT2D eigenvalue weighted by Crippen LogP contribution is 2.25. The van der Waals surface area contributed by atoms with E-state index in [2.05, 4.69) is 15.5 Å². The Morgan fingerprint density at radius 3 is 2.75 bits per heavy atom. The van der Waals surface area contributed by atoms with Gasteiger partial charge in [-0.25, -0.2) is 0 Å². The Morgan fingerprint density at radius 1 is 1.33 bits per heavy atom. The van der Waals surface area contributed by atoms with Gasteiger partial charge in [0.2, 0.25) is 11.8 Å². The molecule has 2 rings (SSSR count). The van der Waals surface area contributed by atoms with Crippen molar-refractivity contribution in [2.75, 3.05) is 18.4 Å². The molecule has 0 saturated heterocycles. The molecule has 0 aliphatic heterocycles. The fourth-order valence-corrected chi connectivity index (χ4v) is 2.66. The molecule has 0 saturated carbocycles. The van der Waals surface area contributed by atoms with Crippen LogP contribution in [0.1, 0.15) is 32.0 Å². The predicted molar refractivity (Wildman–Crippen MR) is 94.3 cm³/mol. The highest BCUT2D eigenvalue weighted by Gasteiger charge is 2.15. The van der Waals surface area contributed by atoms with Crippen LogP contribution < -0.4 is 5.32 Å². The van der Waals surface area contributed by atoms with Gasteiger partial charge in [0.15, 0.2) is 5.82 Å². The first kappa shape index (κ1) is 18.7. The van der Waals surface area contributed by atoms with Gasteiger partial charge in [0.25, 0.3) is 0 Å². The minimum Gasteiger partial charge on any atom is -0.338 e. The summed E-state index contributed by atoms with van der Waals surface area (Å²) in [6.07, 6.45) is 1.62. The summed E-state index contributed by atoms with van der Waals surface area (Å²) in [6, 6.07) is 4.95. The van der Waals surface area contributed by atoms with Crippen LogP contribution in [0.15, 0.2) is 22.7 Å². The van der Waals surface area contributed by atoms with Gasteiger partial charge in [0, 0.05) is 11.4 Å². The molecule has 0 bridgehead atoms. The molecule has 1 aromatic heterocycles. The van der Waals surface area contributed by atoms with Crippen molar-refractivity contribution >= 4 is 34.8 Å². The van der Waals surface area contributed by atoms with Gasteiger partial charge in [-0.05, 0) is 31.2 Å². The first-order valence-corrected chi connectivity index (χ1v) is 8.56. The number of carbonyl (C=O) groups is 1. The number of amides is 1. The lowest BCUT2D eigenvalue weighted by atomic mass is 10.3. The molecule has 0 spiro atoms. The Hall–Kier alpha value is -1.63. The van der Waals surface area contributed by atoms with Gasteiger partial charge in [-0.2, -0.15) is 4.98 Å². The largest absolute Gasteiger partial charge is 0.338 e. The second-order valence-corrected chi connectivity index (χ2v) is 6.18. The van der Waals surface area contributed by atoms with Gasteiger partial charge in [-0.1, -0.05) is 42.2 Å². The molecule has 0 aliphatic rings. The summed E-state index contributed by atoms with van der Waals surface area (Å²) >= 11 is 11.9. The van der Waals surface area contributed by atoms with E-state index in [9.17, 15) is 4.79 Å². The SMILES string of the molecule is CCCN(CC(=O)Nc1ccc(Cl)cc1Cl)Cc1nc(CC)no1. The second kappa shape index (κ2) is 9.01. The molecule has 0 radical (unpaired) electrons. The number of benzene rings is 1. The van der Waals surface area contributed by atoms with E-state index >= 15 is 0 Å². The van der Waals surface area contributed by atoms with E-state index in [0.29, 0.717) is 40.4 Å². The maximum atomic E-state index is 12.3. The number of anilines is 1. The molecule has 8 heteroatoms. The van der Waals surface area contributed by atoms with E-state index in [1.54, 1.807) is 18.2 Å². The van der Waals surface area contributed by atoms with E-state index in [0.717, 1.165) is 13.0 Å². The Kier molecular flexibility index (Phi) is 7.02. The van der Waals surface area contributed by atoms with E-state index in [-0.39, 0.29) is 12.5 Å². The number of hydrogen-bond acceptors (Lipinski definition) is 5. The fraction of sp³-hybridized carbons (Fsp3) is 0.438. The van der Waals surface area contributed by atoms with Crippen LogP contribution in [0.2, 0.25) is 10.0 Å². The van der Waals surface area contributed by atoms with E-state index < -0.39 is 0 Å². The maximum absolute atomic E-state index is 12.3. The number of rotatable bonds is 8. The van der Waals surface area contributed by atoms with Crippen molar-refractivity contribution in [2.24, 2.45) is 0 Å². The fourth-order valence-electron chi connectivity index (χ4n) is 2.20. The predicted octanol–water partition coefficient (Wildman–Crippen LogP) is 3.79. The zero-order valence-corrected chi connectivity index (χ0v) is 15.2. The van der Waals surface area contributed by atoms with Gasteiger partial charge in [0.1, 0.15) is 0 Å². The zero-order chi connectivity index (χ0) is 17.5. The van der Waals surface area contributed by atoms with Gasteiger partial charge in [0.05, 0.1) is 23.8 Å². The van der Waals surface area contributed by atoms with Crippen LogP contribution in [-0.4, -0.2) is 34.0 Å². The quantitative estimate of drug-likeness (QED) is 0.765. The summed E-state index contributed by atoms with van der Waals surface area (Å²) < 4.78 is 5.19. The number of nitrogens with zero attached hydrogens (tertiary/aromatic N) is 3. The average molecular weight is 371 g/mol. The molecule has 24 heavy (non-hydrogen) atoms. The third-order valence-corrected chi connectivity index (χ3v) is 3.85. The Morgan fingerprint density at radius 2 is 2.12 bits per heavy atom. The summed E-state index contributed by atoms with van der Waals surface area (Å²) in [7, 11) is 0. The summed E-state index contributed by atoms with van der Waals surface area (Å²) in [4.78, 5) is 18.5. The summed E-state index contributed by atoms with van der Waals surface area (Å²) in [5, 5.41) is 7.59. The van der Waals surface area contributed by atoms with Crippen LogP contribution >= 0.6 is 23.2 Å². The number of carbonyl (C=O) groups excluding carboxylic acids is 1. The first-order chi connectivity index (χ1) is 11.5. The third kappa shape index (κ3) is 5.47. The van der Waals surface area contributed by atoms with Gasteiger partial charge in [-0.3, -0.25) is 9.69 Å². The highest BCUT2D eigenvalue weighted by atomic mass is 35.5. The molecule has 0 fully saturated rings. The van der Waals surface area contributed by atoms with Gasteiger partial charge in [-0.15, -0.1) is 0 Å². The standard InChI is InChI=1S/C16H20Cl2N4O2/c1-3-7-22(10-16-20-14(4-2)21-24-16)9-15(23)19-13-6-5-11(17)8-12(13)18/h5-6,8H,3-4,7,9-10H2,1-2H3,(H,19,23). The van der Waals surface area contributed by atoms with Crippen molar-refractivity contribution in [3.8, 4) is 0 Å². The smallest absolute Gasteiger partial charge is 0.240 e. The first-order valence-electron chi connectivity index (χ1n) is 7.80. The second-order valence-electron chi connectivity index (χ2n) is 5.34. The van der Waals surface area contributed by atoms with E-state index in [1.165, 1.54) is 0 Å². The summed E-state index contributed by atoms with van der Waals surface area (Å²) in [5.41, 5.74) is 0.536. The molecule has 1 aromatic carbocycles. The molecule has 1 heterocycles. The van der Waals surface area contributed by atoms with Crippen molar-refractivity contribution in [1.29, 1.82) is 0 Å². The van der Waals surface area contributed by atoms with Gasteiger partial charge >= 0.3 is 0 Å². The van der Waals surface area contributed by atoms with Crippen molar-refractivity contribution in [1.82, 2.24) is 15.0 Å². The van der Waals surface area contributed by atoms with Crippen LogP contribution in [-0.2, 0) is 17.8 Å². The average Bonchev–Trinajstić information content (AvgIpc) is 2.98. The lowest BCUT2D eigenvalue weighted by molar-refractivity contribution is -0.117. The van der Waals surface area contributed by atoms with Gasteiger partial charge < -0.3 is 9.84 Å². The minimum absolute atomic E-state index is 0.164. The molecule has 0 aliphatic carbocycles. The van der Waals surface area contributed by atoms with E-state index in [4.69, 9.17) is 27.7 Å². The topological polar surface area (TPSA) is 71.3 Å². The van der Waals surface area contributed by atoms with Crippen LogP contribution in [0, 0.1) is 0 Å². The van der Waals surface area contributed by atoms with Crippen LogP contribution in [0.4, 0.5) is 5.69 Å². The lowest BCUT2D eigenvalue weighted by Crippen LogP contribution is -2.33. The summed E-state index contributed by atoms with van der Waals surface area (Å²) in [5.74, 6) is 1.01. The molecule has 0 atom stereocenters. The van der Waals surface area contributed by atoms with Crippen molar-refractivity contribution in [2.45, 2.75) is 33.2 Å². The number of nitrogens with one attached hydrogen (secondary N) is 1. The Bertz CT molecular complexity index is 690. The van der Waals surface area contributed by atoms with Crippen molar-refractivity contribution < 1.29 is 9.32 Å². The molecule has 2 aromatic rings. The van der Waals surface area contributed by atoms with E-state index in [1.807, 2.05) is 18.7 Å². The maximum Gasteiger partial charge on any atom is 0.240 e.